The maximum Gasteiger partial charge on any atom is 0.220 e. The van der Waals surface area contributed by atoms with Gasteiger partial charge in [-0.15, -0.1) is 5.10 Å². The van der Waals surface area contributed by atoms with Crippen LogP contribution < -0.4 is 5.73 Å². The third kappa shape index (κ3) is 2.22. The quantitative estimate of drug-likeness (QED) is 0.571. The highest BCUT2D eigenvalue weighted by Crippen LogP contribution is 2.31. The zero-order chi connectivity index (χ0) is 10.8. The molecule has 1 aliphatic rings. The molecule has 1 aromatic rings. The number of H-pyrrole nitrogens is 1. The van der Waals surface area contributed by atoms with Gasteiger partial charge in [0.25, 0.3) is 0 Å². The molecule has 1 fully saturated rings. The van der Waals surface area contributed by atoms with Crippen LogP contribution in [0.3, 0.4) is 0 Å². The van der Waals surface area contributed by atoms with Crippen molar-refractivity contribution < 1.29 is 0 Å². The maximum absolute atomic E-state index is 5.81. The first kappa shape index (κ1) is 10.7. The fraction of sp³-hybridized carbons (Fsp3) is 0.800. The van der Waals surface area contributed by atoms with Crippen molar-refractivity contribution in [3.63, 3.8) is 0 Å². The Balaban J connectivity index is 2.20. The number of nitrogen functional groups attached to an aromatic ring is 1. The van der Waals surface area contributed by atoms with Crippen molar-refractivity contribution >= 4 is 18.2 Å². The lowest BCUT2D eigenvalue weighted by atomic mass is 10.0. The van der Waals surface area contributed by atoms with E-state index in [1.165, 1.54) is 32.1 Å². The molecule has 0 amide bonds. The summed E-state index contributed by atoms with van der Waals surface area (Å²) in [5, 5.41) is 6.72. The number of nitrogens with zero attached hydrogens (tertiary/aromatic N) is 2. The van der Waals surface area contributed by atoms with E-state index in [1.54, 1.807) is 0 Å². The second-order valence-electron chi connectivity index (χ2n) is 4.52. The van der Waals surface area contributed by atoms with Gasteiger partial charge < -0.3 is 5.73 Å². The van der Waals surface area contributed by atoms with Crippen LogP contribution in [0.2, 0.25) is 0 Å². The lowest BCUT2D eigenvalue weighted by Crippen LogP contribution is -2.11. The highest BCUT2D eigenvalue weighted by Gasteiger charge is 2.19. The van der Waals surface area contributed by atoms with Crippen molar-refractivity contribution in [3.8, 4) is 0 Å². The Morgan fingerprint density at radius 3 is 2.87 bits per heavy atom. The Hall–Kier alpha value is -0.840. The minimum atomic E-state index is 0.446. The van der Waals surface area contributed by atoms with Crippen molar-refractivity contribution in [2.45, 2.75) is 45.1 Å². The highest BCUT2D eigenvalue weighted by atomic mass is 32.1. The number of rotatable bonds is 1. The molecule has 15 heavy (non-hydrogen) atoms. The summed E-state index contributed by atoms with van der Waals surface area (Å²) in [5.41, 5.74) is 5.81. The van der Waals surface area contributed by atoms with Crippen molar-refractivity contribution in [3.05, 3.63) is 4.77 Å². The predicted octanol–water partition coefficient (Wildman–Crippen LogP) is 2.66. The van der Waals surface area contributed by atoms with Crippen LogP contribution in [0.5, 0.6) is 0 Å². The normalized spacial score (nSPS) is 27.5. The van der Waals surface area contributed by atoms with Gasteiger partial charge in [0, 0.05) is 6.04 Å². The number of aromatic amines is 1. The molecule has 0 aliphatic heterocycles. The minimum absolute atomic E-state index is 0.446. The molecule has 2 rings (SSSR count). The van der Waals surface area contributed by atoms with Crippen molar-refractivity contribution in [1.29, 1.82) is 0 Å². The average molecular weight is 226 g/mol. The van der Waals surface area contributed by atoms with Crippen LogP contribution in [0, 0.1) is 10.7 Å². The number of hydrogen-bond donors (Lipinski definition) is 2. The first-order chi connectivity index (χ1) is 7.18. The van der Waals surface area contributed by atoms with Gasteiger partial charge in [-0.3, -0.25) is 4.57 Å². The van der Waals surface area contributed by atoms with Gasteiger partial charge in [0.1, 0.15) is 0 Å². The first-order valence-electron chi connectivity index (χ1n) is 5.61. The smallest absolute Gasteiger partial charge is 0.220 e. The SMILES string of the molecule is CC1CCCC(n2c(N)n[nH]c2=S)CC1. The molecule has 1 aliphatic carbocycles. The molecule has 2 atom stereocenters. The Kier molecular flexibility index (Phi) is 3.09. The van der Waals surface area contributed by atoms with E-state index < -0.39 is 0 Å². The molecule has 2 unspecified atom stereocenters. The minimum Gasteiger partial charge on any atom is -0.368 e. The number of hydrogen-bond acceptors (Lipinski definition) is 3. The molecule has 0 aromatic carbocycles. The van der Waals surface area contributed by atoms with Crippen molar-refractivity contribution in [2.75, 3.05) is 5.73 Å². The van der Waals surface area contributed by atoms with Crippen LogP contribution in [0.4, 0.5) is 5.95 Å². The van der Waals surface area contributed by atoms with E-state index in [1.807, 2.05) is 4.57 Å². The molecule has 0 saturated heterocycles. The largest absolute Gasteiger partial charge is 0.368 e. The average Bonchev–Trinajstić information content (AvgIpc) is 2.41. The van der Waals surface area contributed by atoms with Gasteiger partial charge in [0.05, 0.1) is 0 Å². The summed E-state index contributed by atoms with van der Waals surface area (Å²) in [6.07, 6.45) is 6.18. The molecular formula is C10H18N4S. The fourth-order valence-corrected chi connectivity index (χ4v) is 2.68. The molecule has 1 aromatic heterocycles. The summed E-state index contributed by atoms with van der Waals surface area (Å²) < 4.78 is 2.64. The Bertz CT molecular complexity index is 381. The summed E-state index contributed by atoms with van der Waals surface area (Å²) in [6.45, 7) is 2.32. The zero-order valence-corrected chi connectivity index (χ0v) is 9.89. The summed E-state index contributed by atoms with van der Waals surface area (Å²) in [5.74, 6) is 1.36. The Morgan fingerprint density at radius 1 is 1.40 bits per heavy atom. The van der Waals surface area contributed by atoms with E-state index in [0.29, 0.717) is 16.8 Å². The van der Waals surface area contributed by atoms with E-state index in [4.69, 9.17) is 18.0 Å². The molecule has 5 heteroatoms. The van der Waals surface area contributed by atoms with Crippen LogP contribution in [-0.2, 0) is 0 Å². The first-order valence-corrected chi connectivity index (χ1v) is 6.01. The topological polar surface area (TPSA) is 59.6 Å². The molecule has 0 spiro atoms. The number of nitrogens with two attached hydrogens (primary N) is 1. The van der Waals surface area contributed by atoms with Gasteiger partial charge in [-0.25, -0.2) is 5.10 Å². The third-order valence-electron chi connectivity index (χ3n) is 3.32. The van der Waals surface area contributed by atoms with Crippen LogP contribution in [0.1, 0.15) is 45.1 Å². The third-order valence-corrected chi connectivity index (χ3v) is 3.61. The fourth-order valence-electron chi connectivity index (χ4n) is 2.40. The van der Waals surface area contributed by atoms with E-state index in [-0.39, 0.29) is 0 Å². The van der Waals surface area contributed by atoms with Gasteiger partial charge in [0.2, 0.25) is 5.95 Å². The zero-order valence-electron chi connectivity index (χ0n) is 9.07. The van der Waals surface area contributed by atoms with Gasteiger partial charge in [-0.05, 0) is 37.4 Å². The predicted molar refractivity (Wildman–Crippen MR) is 63.1 cm³/mol. The Morgan fingerprint density at radius 2 is 2.20 bits per heavy atom. The summed E-state index contributed by atoms with van der Waals surface area (Å²) in [6, 6.07) is 0.446. The molecule has 0 bridgehead atoms. The van der Waals surface area contributed by atoms with Crippen LogP contribution in [0.15, 0.2) is 0 Å². The van der Waals surface area contributed by atoms with E-state index >= 15 is 0 Å². The van der Waals surface area contributed by atoms with E-state index in [2.05, 4.69) is 17.1 Å². The molecule has 0 radical (unpaired) electrons. The Labute approximate surface area is 94.9 Å². The molecule has 4 nitrogen and oxygen atoms in total. The summed E-state index contributed by atoms with van der Waals surface area (Å²) in [4.78, 5) is 0. The monoisotopic (exact) mass is 226 g/mol. The lowest BCUT2D eigenvalue weighted by Gasteiger charge is -2.16. The lowest BCUT2D eigenvalue weighted by molar-refractivity contribution is 0.433. The van der Waals surface area contributed by atoms with Gasteiger partial charge >= 0.3 is 0 Å². The van der Waals surface area contributed by atoms with Crippen molar-refractivity contribution in [1.82, 2.24) is 14.8 Å². The number of anilines is 1. The van der Waals surface area contributed by atoms with Gasteiger partial charge in [-0.2, -0.15) is 0 Å². The summed E-state index contributed by atoms with van der Waals surface area (Å²) >= 11 is 5.19. The standard InChI is InChI=1S/C10H18N4S/c1-7-3-2-4-8(6-5-7)14-9(11)12-13-10(14)15/h7-8H,2-6H2,1H3,(H2,11,12)(H,13,15). The maximum atomic E-state index is 5.81. The summed E-state index contributed by atoms with van der Waals surface area (Å²) in [7, 11) is 0. The second kappa shape index (κ2) is 4.35. The molecule has 84 valence electrons. The van der Waals surface area contributed by atoms with Crippen molar-refractivity contribution in [2.24, 2.45) is 5.92 Å². The molecule has 1 heterocycles. The molecular weight excluding hydrogens is 208 g/mol. The van der Waals surface area contributed by atoms with Crippen LogP contribution >= 0.6 is 12.2 Å². The van der Waals surface area contributed by atoms with Crippen LogP contribution in [-0.4, -0.2) is 14.8 Å². The van der Waals surface area contributed by atoms with Gasteiger partial charge in [0.15, 0.2) is 4.77 Å². The van der Waals surface area contributed by atoms with Crippen LogP contribution in [0.25, 0.3) is 0 Å². The molecule has 3 N–H and O–H groups in total. The van der Waals surface area contributed by atoms with Gasteiger partial charge in [-0.1, -0.05) is 19.8 Å². The highest BCUT2D eigenvalue weighted by molar-refractivity contribution is 7.71. The number of aromatic nitrogens is 3. The molecule has 1 saturated carbocycles. The van der Waals surface area contributed by atoms with E-state index in [0.717, 1.165) is 5.92 Å². The second-order valence-corrected chi connectivity index (χ2v) is 4.91. The number of nitrogens with one attached hydrogen (secondary N) is 1. The van der Waals surface area contributed by atoms with E-state index in [9.17, 15) is 0 Å².